The average molecular weight is 397 g/mol. The molecule has 2 aromatic rings. The Labute approximate surface area is 169 Å². The third-order valence-corrected chi connectivity index (χ3v) is 5.07. The van der Waals surface area contributed by atoms with Crippen LogP contribution in [0.2, 0.25) is 0 Å². The lowest BCUT2D eigenvalue weighted by molar-refractivity contribution is -0.115. The van der Waals surface area contributed by atoms with Gasteiger partial charge in [0, 0.05) is 18.7 Å². The molecule has 1 saturated carbocycles. The van der Waals surface area contributed by atoms with Crippen molar-refractivity contribution in [1.29, 1.82) is 0 Å². The van der Waals surface area contributed by atoms with E-state index in [1.54, 1.807) is 30.5 Å². The third-order valence-electron chi connectivity index (χ3n) is 5.07. The van der Waals surface area contributed by atoms with E-state index in [1.165, 1.54) is 25.6 Å². The van der Waals surface area contributed by atoms with Crippen molar-refractivity contribution in [3.63, 3.8) is 0 Å². The van der Waals surface area contributed by atoms with Crippen LogP contribution in [-0.2, 0) is 16.0 Å². The van der Waals surface area contributed by atoms with E-state index in [1.807, 2.05) is 0 Å². The van der Waals surface area contributed by atoms with Gasteiger partial charge in [-0.15, -0.1) is 0 Å². The fraction of sp³-hybridized carbons (Fsp3) is 0.429. The van der Waals surface area contributed by atoms with Crippen molar-refractivity contribution in [2.24, 2.45) is 0 Å². The lowest BCUT2D eigenvalue weighted by Crippen LogP contribution is -2.39. The maximum atomic E-state index is 12.7. The van der Waals surface area contributed by atoms with Gasteiger partial charge in [-0.05, 0) is 25.0 Å². The summed E-state index contributed by atoms with van der Waals surface area (Å²) in [6.45, 7) is 0.205. The molecule has 1 aromatic heterocycles. The predicted octanol–water partition coefficient (Wildman–Crippen LogP) is 1.81. The monoisotopic (exact) mass is 397 g/mol. The van der Waals surface area contributed by atoms with E-state index in [9.17, 15) is 14.4 Å². The molecule has 2 amide bonds. The van der Waals surface area contributed by atoms with Crippen molar-refractivity contribution in [3.05, 3.63) is 48.0 Å². The lowest BCUT2D eigenvalue weighted by atomic mass is 9.95. The maximum absolute atomic E-state index is 12.7. The Hall–Kier alpha value is -3.00. The molecule has 0 spiro atoms. The summed E-state index contributed by atoms with van der Waals surface area (Å²) in [4.78, 5) is 43.3. The van der Waals surface area contributed by atoms with E-state index in [0.717, 1.165) is 12.8 Å². The minimum Gasteiger partial charge on any atom is -0.351 e. The van der Waals surface area contributed by atoms with E-state index < -0.39 is 11.9 Å². The minimum atomic E-state index is -0.706. The molecular weight excluding hydrogens is 370 g/mol. The van der Waals surface area contributed by atoms with Crippen LogP contribution in [-0.4, -0.2) is 46.7 Å². The molecule has 1 heterocycles. The fourth-order valence-corrected chi connectivity index (χ4v) is 3.54. The topological polar surface area (TPSA) is 116 Å². The number of carbonyl (C=O) groups excluding carboxylic acids is 3. The number of aromatic amines is 1. The Bertz CT molecular complexity index is 815. The molecular formula is C21H27N5O3. The number of aldehydes is 1. The van der Waals surface area contributed by atoms with Crippen LogP contribution in [0.15, 0.2) is 36.8 Å². The lowest BCUT2D eigenvalue weighted by Gasteiger charge is -2.22. The fourth-order valence-electron chi connectivity index (χ4n) is 3.54. The predicted molar refractivity (Wildman–Crippen MR) is 110 cm³/mol. The van der Waals surface area contributed by atoms with Crippen molar-refractivity contribution in [1.82, 2.24) is 20.6 Å². The number of anilines is 1. The number of rotatable bonds is 9. The number of benzene rings is 1. The molecule has 0 saturated heterocycles. The van der Waals surface area contributed by atoms with Crippen LogP contribution in [0.3, 0.4) is 0 Å². The highest BCUT2D eigenvalue weighted by Crippen LogP contribution is 2.18. The van der Waals surface area contributed by atoms with Gasteiger partial charge in [0.15, 0.2) is 0 Å². The number of hydrogen-bond acceptors (Lipinski definition) is 5. The Kier molecular flexibility index (Phi) is 7.52. The van der Waals surface area contributed by atoms with Crippen LogP contribution in [0.25, 0.3) is 0 Å². The minimum absolute atomic E-state index is 0.195. The summed E-state index contributed by atoms with van der Waals surface area (Å²) in [5.74, 6) is -0.618. The number of nitrogens with one attached hydrogen (secondary N) is 4. The number of carbonyl (C=O) groups is 3. The van der Waals surface area contributed by atoms with Crippen LogP contribution in [0.4, 0.5) is 5.69 Å². The summed E-state index contributed by atoms with van der Waals surface area (Å²) in [5, 5.41) is 8.78. The van der Waals surface area contributed by atoms with Crippen LogP contribution >= 0.6 is 0 Å². The number of para-hydroxylation sites is 1. The highest BCUT2D eigenvalue weighted by atomic mass is 16.2. The van der Waals surface area contributed by atoms with Gasteiger partial charge in [-0.1, -0.05) is 31.4 Å². The first-order valence-corrected chi connectivity index (χ1v) is 10.0. The third kappa shape index (κ3) is 6.25. The molecule has 8 heteroatoms. The van der Waals surface area contributed by atoms with Gasteiger partial charge in [-0.3, -0.25) is 9.59 Å². The molecule has 0 bridgehead atoms. The molecule has 0 aliphatic heterocycles. The van der Waals surface area contributed by atoms with Crippen molar-refractivity contribution < 1.29 is 14.4 Å². The van der Waals surface area contributed by atoms with Crippen LogP contribution < -0.4 is 16.0 Å². The first kappa shape index (κ1) is 20.7. The van der Waals surface area contributed by atoms with Gasteiger partial charge in [0.05, 0.1) is 35.9 Å². The zero-order valence-corrected chi connectivity index (χ0v) is 16.3. The second kappa shape index (κ2) is 10.5. The Balaban J connectivity index is 1.57. The van der Waals surface area contributed by atoms with Gasteiger partial charge in [-0.2, -0.15) is 0 Å². The van der Waals surface area contributed by atoms with Crippen molar-refractivity contribution in [2.45, 2.75) is 50.6 Å². The summed E-state index contributed by atoms with van der Waals surface area (Å²) >= 11 is 0. The van der Waals surface area contributed by atoms with E-state index in [-0.39, 0.29) is 12.5 Å². The Morgan fingerprint density at radius 3 is 2.72 bits per heavy atom. The second-order valence-corrected chi connectivity index (χ2v) is 7.29. The SMILES string of the molecule is O=C[C@H](Cc1c[nH]cn1)NC(=O)c1ccccc1NC(=O)CNC1CCCCC1. The number of H-pyrrole nitrogens is 1. The van der Waals surface area contributed by atoms with Gasteiger partial charge in [0.2, 0.25) is 5.91 Å². The molecule has 1 fully saturated rings. The first-order chi connectivity index (χ1) is 14.2. The molecule has 29 heavy (non-hydrogen) atoms. The number of hydrogen-bond donors (Lipinski definition) is 4. The summed E-state index contributed by atoms with van der Waals surface area (Å²) < 4.78 is 0. The highest BCUT2D eigenvalue weighted by molar-refractivity contribution is 6.04. The second-order valence-electron chi connectivity index (χ2n) is 7.29. The van der Waals surface area contributed by atoms with E-state index in [2.05, 4.69) is 25.9 Å². The Morgan fingerprint density at radius 2 is 2.00 bits per heavy atom. The van der Waals surface area contributed by atoms with E-state index in [0.29, 0.717) is 35.7 Å². The van der Waals surface area contributed by atoms with Crippen molar-refractivity contribution in [2.75, 3.05) is 11.9 Å². The molecule has 0 radical (unpaired) electrons. The van der Waals surface area contributed by atoms with Crippen LogP contribution in [0, 0.1) is 0 Å². The largest absolute Gasteiger partial charge is 0.351 e. The van der Waals surface area contributed by atoms with Crippen molar-refractivity contribution in [3.8, 4) is 0 Å². The molecule has 8 nitrogen and oxygen atoms in total. The molecule has 1 aliphatic rings. The van der Waals surface area contributed by atoms with E-state index in [4.69, 9.17) is 0 Å². The molecule has 4 N–H and O–H groups in total. The number of nitrogens with zero attached hydrogens (tertiary/aromatic N) is 1. The molecule has 1 aromatic carbocycles. The number of amides is 2. The van der Waals surface area contributed by atoms with Gasteiger partial charge in [-0.25, -0.2) is 4.98 Å². The molecule has 0 unspecified atom stereocenters. The summed E-state index contributed by atoms with van der Waals surface area (Å²) in [6, 6.07) is 6.44. The van der Waals surface area contributed by atoms with E-state index >= 15 is 0 Å². The van der Waals surface area contributed by atoms with Crippen LogP contribution in [0.1, 0.15) is 48.2 Å². The average Bonchev–Trinajstić information content (AvgIpc) is 3.26. The quantitative estimate of drug-likeness (QED) is 0.482. The molecule has 1 atom stereocenters. The summed E-state index contributed by atoms with van der Waals surface area (Å²) in [5.41, 5.74) is 1.41. The van der Waals surface area contributed by atoms with Gasteiger partial charge in [0.25, 0.3) is 5.91 Å². The van der Waals surface area contributed by atoms with Gasteiger partial charge >= 0.3 is 0 Å². The highest BCUT2D eigenvalue weighted by Gasteiger charge is 2.19. The summed E-state index contributed by atoms with van der Waals surface area (Å²) in [6.07, 6.45) is 10.00. The van der Waals surface area contributed by atoms with Crippen LogP contribution in [0.5, 0.6) is 0 Å². The Morgan fingerprint density at radius 1 is 1.21 bits per heavy atom. The normalized spacial score (nSPS) is 15.4. The number of imidazole rings is 1. The van der Waals surface area contributed by atoms with Crippen molar-refractivity contribution >= 4 is 23.8 Å². The molecule has 1 aliphatic carbocycles. The number of aromatic nitrogens is 2. The first-order valence-electron chi connectivity index (χ1n) is 10.0. The summed E-state index contributed by atoms with van der Waals surface area (Å²) in [7, 11) is 0. The standard InChI is InChI=1S/C21H27N5O3/c27-13-17(10-16-11-22-14-24-16)25-21(29)18-8-4-5-9-19(18)26-20(28)12-23-15-6-2-1-3-7-15/h4-5,8-9,11,13-15,17,23H,1-3,6-7,10,12H2,(H,22,24)(H,25,29)(H,26,28)/t17-/m0/s1. The molecule has 154 valence electrons. The zero-order valence-electron chi connectivity index (χ0n) is 16.3. The maximum Gasteiger partial charge on any atom is 0.253 e. The van der Waals surface area contributed by atoms with Gasteiger partial charge in [0.1, 0.15) is 6.29 Å². The molecule has 3 rings (SSSR count). The van der Waals surface area contributed by atoms with Gasteiger partial charge < -0.3 is 25.7 Å². The zero-order chi connectivity index (χ0) is 20.5. The smallest absolute Gasteiger partial charge is 0.253 e.